The van der Waals surface area contributed by atoms with Crippen molar-refractivity contribution in [3.63, 3.8) is 0 Å². The third-order valence-electron chi connectivity index (χ3n) is 7.47. The van der Waals surface area contributed by atoms with E-state index in [1.165, 1.54) is 94.1 Å². The monoisotopic (exact) mass is 482 g/mol. The fourth-order valence-electron chi connectivity index (χ4n) is 5.35. The van der Waals surface area contributed by atoms with E-state index < -0.39 is 10.0 Å². The molecule has 1 saturated carbocycles. The molecule has 0 radical (unpaired) electrons. The summed E-state index contributed by atoms with van der Waals surface area (Å²) in [5, 5.41) is 6.21. The van der Waals surface area contributed by atoms with Gasteiger partial charge in [0.1, 0.15) is 5.58 Å². The number of furan rings is 1. The molecule has 34 heavy (non-hydrogen) atoms. The summed E-state index contributed by atoms with van der Waals surface area (Å²) in [4.78, 5) is 2.86. The smallest absolute Gasteiger partial charge is 0.238 e. The second-order valence-corrected chi connectivity index (χ2v) is 11.5. The summed E-state index contributed by atoms with van der Waals surface area (Å²) < 4.78 is 27.2. The number of sulfonamides is 1. The van der Waals surface area contributed by atoms with Gasteiger partial charge in [-0.25, -0.2) is 13.6 Å². The van der Waals surface area contributed by atoms with Crippen LogP contribution in [0.1, 0.15) is 68.4 Å². The summed E-state index contributed by atoms with van der Waals surface area (Å²) in [6, 6.07) is 14.9. The average molecular weight is 483 g/mol. The second kappa shape index (κ2) is 11.5. The number of primary sulfonamides is 1. The molecule has 1 saturated heterocycles. The van der Waals surface area contributed by atoms with Gasteiger partial charge in [0.2, 0.25) is 10.0 Å². The Morgan fingerprint density at radius 3 is 2.29 bits per heavy atom. The number of para-hydroxylation sites is 1. The molecule has 5 rings (SSSR count). The van der Waals surface area contributed by atoms with E-state index in [0.29, 0.717) is 5.92 Å². The molecule has 2 heterocycles. The molecular formula is C28H38N2O3S. The molecule has 2 N–H and O–H groups in total. The van der Waals surface area contributed by atoms with Crippen LogP contribution in [-0.2, 0) is 10.0 Å². The van der Waals surface area contributed by atoms with Gasteiger partial charge in [-0.2, -0.15) is 0 Å². The van der Waals surface area contributed by atoms with Gasteiger partial charge in [-0.15, -0.1) is 0 Å². The van der Waals surface area contributed by atoms with E-state index in [2.05, 4.69) is 29.2 Å². The number of benzene rings is 2. The SMILES string of the molecule is Cc1ccc(S(N)(=O)=O)cc1.c1ccc2c(C3CCN(CCC4CCCCC4)CC3)coc2c1. The molecule has 0 bridgehead atoms. The van der Waals surface area contributed by atoms with Crippen molar-refractivity contribution < 1.29 is 12.8 Å². The molecule has 2 aromatic carbocycles. The molecule has 5 nitrogen and oxygen atoms in total. The minimum atomic E-state index is -3.52. The molecule has 0 atom stereocenters. The van der Waals surface area contributed by atoms with Crippen molar-refractivity contribution in [3.8, 4) is 0 Å². The molecule has 1 aliphatic carbocycles. The van der Waals surface area contributed by atoms with Crippen LogP contribution in [0.5, 0.6) is 0 Å². The lowest BCUT2D eigenvalue weighted by Gasteiger charge is -2.33. The zero-order chi connectivity index (χ0) is 24.0. The summed E-state index contributed by atoms with van der Waals surface area (Å²) in [6.07, 6.45) is 13.4. The Morgan fingerprint density at radius 1 is 0.941 bits per heavy atom. The molecule has 1 aromatic heterocycles. The molecule has 3 aromatic rings. The number of likely N-dealkylation sites (tertiary alicyclic amines) is 1. The Morgan fingerprint density at radius 2 is 1.62 bits per heavy atom. The minimum absolute atomic E-state index is 0.156. The summed E-state index contributed by atoms with van der Waals surface area (Å²) in [5.41, 5.74) is 3.49. The van der Waals surface area contributed by atoms with E-state index in [4.69, 9.17) is 9.56 Å². The molecular weight excluding hydrogens is 444 g/mol. The first-order chi connectivity index (χ1) is 16.4. The number of nitrogens with two attached hydrogens (primary N) is 1. The van der Waals surface area contributed by atoms with E-state index in [-0.39, 0.29) is 4.90 Å². The summed E-state index contributed by atoms with van der Waals surface area (Å²) in [7, 11) is -3.52. The maximum Gasteiger partial charge on any atom is 0.238 e. The van der Waals surface area contributed by atoms with Gasteiger partial charge in [-0.3, -0.25) is 0 Å². The van der Waals surface area contributed by atoms with E-state index in [1.54, 1.807) is 12.1 Å². The van der Waals surface area contributed by atoms with E-state index >= 15 is 0 Å². The van der Waals surface area contributed by atoms with Crippen LogP contribution in [0.15, 0.2) is 64.1 Å². The predicted octanol–water partition coefficient (Wildman–Crippen LogP) is 6.23. The normalized spacial score (nSPS) is 18.5. The van der Waals surface area contributed by atoms with Gasteiger partial charge in [-0.05, 0) is 75.9 Å². The molecule has 1 aliphatic heterocycles. The summed E-state index contributed by atoms with van der Waals surface area (Å²) in [6.45, 7) is 5.73. The first-order valence-electron chi connectivity index (χ1n) is 12.7. The number of nitrogens with zero attached hydrogens (tertiary/aromatic N) is 1. The number of hydrogen-bond donors (Lipinski definition) is 1. The highest BCUT2D eigenvalue weighted by molar-refractivity contribution is 7.89. The zero-order valence-corrected chi connectivity index (χ0v) is 21.1. The Balaban J connectivity index is 0.000000210. The Kier molecular flexibility index (Phi) is 8.46. The zero-order valence-electron chi connectivity index (χ0n) is 20.3. The number of rotatable bonds is 5. The first-order valence-corrected chi connectivity index (χ1v) is 14.2. The van der Waals surface area contributed by atoms with E-state index in [1.807, 2.05) is 13.2 Å². The first kappa shape index (κ1) is 25.0. The lowest BCUT2D eigenvalue weighted by atomic mass is 9.86. The van der Waals surface area contributed by atoms with Crippen LogP contribution in [0.3, 0.4) is 0 Å². The van der Waals surface area contributed by atoms with Crippen molar-refractivity contribution in [2.24, 2.45) is 11.1 Å². The maximum absolute atomic E-state index is 10.7. The Hall–Kier alpha value is -2.15. The van der Waals surface area contributed by atoms with Gasteiger partial charge in [0.15, 0.2) is 0 Å². The van der Waals surface area contributed by atoms with Crippen molar-refractivity contribution in [2.45, 2.75) is 69.1 Å². The quantitative estimate of drug-likeness (QED) is 0.468. The van der Waals surface area contributed by atoms with Gasteiger partial charge in [0.05, 0.1) is 11.2 Å². The van der Waals surface area contributed by atoms with Crippen molar-refractivity contribution >= 4 is 21.0 Å². The standard InChI is InChI=1S/C21H29NO.C7H9NO2S/c1-2-6-17(7-3-1)10-13-22-14-11-18(12-15-22)20-16-23-21-9-5-4-8-19(20)21;1-6-2-4-7(5-3-6)11(8,9)10/h4-5,8-9,16-18H,1-3,6-7,10-15H2;2-5H,1H3,(H2,8,9,10). The largest absolute Gasteiger partial charge is 0.464 e. The van der Waals surface area contributed by atoms with Crippen molar-refractivity contribution in [1.29, 1.82) is 0 Å². The van der Waals surface area contributed by atoms with E-state index in [0.717, 1.165) is 17.1 Å². The van der Waals surface area contributed by atoms with Gasteiger partial charge in [0.25, 0.3) is 0 Å². The van der Waals surface area contributed by atoms with Crippen LogP contribution < -0.4 is 5.14 Å². The molecule has 0 amide bonds. The molecule has 6 heteroatoms. The van der Waals surface area contributed by atoms with Gasteiger partial charge >= 0.3 is 0 Å². The van der Waals surface area contributed by atoms with Crippen LogP contribution in [0, 0.1) is 12.8 Å². The van der Waals surface area contributed by atoms with Crippen LogP contribution in [0.25, 0.3) is 11.0 Å². The fraction of sp³-hybridized carbons (Fsp3) is 0.500. The van der Waals surface area contributed by atoms with E-state index in [9.17, 15) is 8.42 Å². The predicted molar refractivity (Wildman–Crippen MR) is 138 cm³/mol. The lowest BCUT2D eigenvalue weighted by Crippen LogP contribution is -2.34. The van der Waals surface area contributed by atoms with Crippen LogP contribution in [0.2, 0.25) is 0 Å². The third kappa shape index (κ3) is 6.71. The highest BCUT2D eigenvalue weighted by atomic mass is 32.2. The maximum atomic E-state index is 10.7. The molecule has 2 fully saturated rings. The number of hydrogen-bond acceptors (Lipinski definition) is 4. The van der Waals surface area contributed by atoms with Gasteiger partial charge in [-0.1, -0.05) is 68.0 Å². The van der Waals surface area contributed by atoms with Crippen molar-refractivity contribution in [3.05, 3.63) is 65.9 Å². The molecule has 0 unspecified atom stereocenters. The topological polar surface area (TPSA) is 76.5 Å². The number of aryl methyl sites for hydroxylation is 1. The minimum Gasteiger partial charge on any atom is -0.464 e. The van der Waals surface area contributed by atoms with Crippen LogP contribution in [0.4, 0.5) is 0 Å². The number of piperidine rings is 1. The number of fused-ring (bicyclic) bond motifs is 1. The second-order valence-electron chi connectivity index (χ2n) is 9.95. The molecule has 0 spiro atoms. The Bertz CT molecular complexity index is 1140. The molecule has 184 valence electrons. The van der Waals surface area contributed by atoms with Gasteiger partial charge in [0, 0.05) is 10.9 Å². The average Bonchev–Trinajstić information content (AvgIpc) is 3.28. The lowest BCUT2D eigenvalue weighted by molar-refractivity contribution is 0.189. The summed E-state index contributed by atoms with van der Waals surface area (Å²) >= 11 is 0. The van der Waals surface area contributed by atoms with Crippen molar-refractivity contribution in [2.75, 3.05) is 19.6 Å². The van der Waals surface area contributed by atoms with Crippen LogP contribution >= 0.6 is 0 Å². The Labute approximate surface area is 204 Å². The molecule has 2 aliphatic rings. The van der Waals surface area contributed by atoms with Crippen LogP contribution in [-0.4, -0.2) is 33.0 Å². The third-order valence-corrected chi connectivity index (χ3v) is 8.40. The fourth-order valence-corrected chi connectivity index (χ4v) is 5.87. The highest BCUT2D eigenvalue weighted by Crippen LogP contribution is 2.35. The highest BCUT2D eigenvalue weighted by Gasteiger charge is 2.24. The van der Waals surface area contributed by atoms with Gasteiger partial charge < -0.3 is 9.32 Å². The summed E-state index contributed by atoms with van der Waals surface area (Å²) in [5.74, 6) is 1.70. The van der Waals surface area contributed by atoms with Crippen molar-refractivity contribution in [1.82, 2.24) is 4.90 Å².